The summed E-state index contributed by atoms with van der Waals surface area (Å²) in [5.74, 6) is -1.18. The topological polar surface area (TPSA) is 105 Å². The molecule has 0 fully saturated rings. The highest BCUT2D eigenvalue weighted by Crippen LogP contribution is 2.43. The van der Waals surface area contributed by atoms with Gasteiger partial charge in [0.2, 0.25) is 0 Å². The van der Waals surface area contributed by atoms with E-state index in [1.807, 2.05) is 18.2 Å². The minimum absolute atomic E-state index is 0.0385. The number of aromatic nitrogens is 2. The zero-order valence-corrected chi connectivity index (χ0v) is 24.8. The van der Waals surface area contributed by atoms with E-state index in [4.69, 9.17) is 14.5 Å². The third kappa shape index (κ3) is 5.09. The van der Waals surface area contributed by atoms with E-state index < -0.39 is 23.1 Å². The fourth-order valence-corrected chi connectivity index (χ4v) is 6.25. The Balaban J connectivity index is 1.52. The second-order valence-electron chi connectivity index (χ2n) is 12.1. The second-order valence-corrected chi connectivity index (χ2v) is 12.1. The number of hydrogen-bond donors (Lipinski definition) is 0. The SMILES string of the molecule is CCc1c2c(nc3ccc(C)cc13)-c1cc3c(c(=O)n1C2)CCC(=O)[C@@]3(CC)OC(=O)CCCC(=O)OC(C)(C)C. The van der Waals surface area contributed by atoms with E-state index in [2.05, 4.69) is 19.9 Å². The van der Waals surface area contributed by atoms with Crippen molar-refractivity contribution in [3.63, 3.8) is 0 Å². The van der Waals surface area contributed by atoms with Crippen LogP contribution < -0.4 is 5.56 Å². The Hall–Kier alpha value is -3.81. The molecule has 0 spiro atoms. The lowest BCUT2D eigenvalue weighted by molar-refractivity contribution is -0.171. The minimum Gasteiger partial charge on any atom is -0.460 e. The zero-order chi connectivity index (χ0) is 29.7. The maximum atomic E-state index is 13.9. The van der Waals surface area contributed by atoms with E-state index in [0.29, 0.717) is 29.8 Å². The van der Waals surface area contributed by atoms with Crippen molar-refractivity contribution in [2.45, 2.75) is 104 Å². The number of carbonyl (C=O) groups excluding carboxylic acids is 3. The van der Waals surface area contributed by atoms with Crippen molar-refractivity contribution in [3.05, 3.63) is 62.4 Å². The Labute approximate surface area is 240 Å². The summed E-state index contributed by atoms with van der Waals surface area (Å²) in [5, 5.41) is 1.09. The van der Waals surface area contributed by atoms with Crippen molar-refractivity contribution in [2.75, 3.05) is 0 Å². The molecule has 2 aromatic heterocycles. The molecule has 3 heterocycles. The highest BCUT2D eigenvalue weighted by Gasteiger charge is 2.48. The summed E-state index contributed by atoms with van der Waals surface area (Å²) in [6.45, 7) is 11.7. The van der Waals surface area contributed by atoms with E-state index in [-0.39, 0.29) is 43.4 Å². The van der Waals surface area contributed by atoms with E-state index in [9.17, 15) is 19.2 Å². The molecule has 8 nitrogen and oxygen atoms in total. The molecule has 1 aromatic carbocycles. The van der Waals surface area contributed by atoms with Gasteiger partial charge in [0.25, 0.3) is 5.56 Å². The van der Waals surface area contributed by atoms with Crippen LogP contribution in [0.4, 0.5) is 0 Å². The number of rotatable bonds is 7. The van der Waals surface area contributed by atoms with Gasteiger partial charge >= 0.3 is 11.9 Å². The molecule has 0 unspecified atom stereocenters. The number of nitrogens with zero attached hydrogens (tertiary/aromatic N) is 2. The Morgan fingerprint density at radius 1 is 1.02 bits per heavy atom. The third-order valence-corrected chi connectivity index (χ3v) is 8.13. The van der Waals surface area contributed by atoms with Crippen molar-refractivity contribution in [1.29, 1.82) is 0 Å². The molecule has 1 aliphatic carbocycles. The van der Waals surface area contributed by atoms with Crippen molar-refractivity contribution in [3.8, 4) is 11.4 Å². The number of aryl methyl sites for hydroxylation is 2. The predicted octanol–water partition coefficient (Wildman–Crippen LogP) is 5.47. The molecular formula is C33H38N2O6. The van der Waals surface area contributed by atoms with Gasteiger partial charge in [0.1, 0.15) is 5.60 Å². The summed E-state index contributed by atoms with van der Waals surface area (Å²) >= 11 is 0. The first-order valence-electron chi connectivity index (χ1n) is 14.5. The molecule has 0 radical (unpaired) electrons. The fourth-order valence-electron chi connectivity index (χ4n) is 6.25. The number of hydrogen-bond acceptors (Lipinski definition) is 7. The number of pyridine rings is 2. The van der Waals surface area contributed by atoms with Gasteiger partial charge in [0.15, 0.2) is 11.4 Å². The number of fused-ring (bicyclic) bond motifs is 5. The smallest absolute Gasteiger partial charge is 0.307 e. The number of ketones is 1. The van der Waals surface area contributed by atoms with Gasteiger partial charge in [-0.15, -0.1) is 0 Å². The van der Waals surface area contributed by atoms with Gasteiger partial charge in [-0.1, -0.05) is 25.5 Å². The highest BCUT2D eigenvalue weighted by atomic mass is 16.6. The average Bonchev–Trinajstić information content (AvgIpc) is 3.26. The van der Waals surface area contributed by atoms with Crippen molar-refractivity contribution < 1.29 is 23.9 Å². The van der Waals surface area contributed by atoms with Crippen LogP contribution in [0.2, 0.25) is 0 Å². The quantitative estimate of drug-likeness (QED) is 0.277. The van der Waals surface area contributed by atoms with Crippen LogP contribution >= 0.6 is 0 Å². The van der Waals surface area contributed by atoms with Crippen molar-refractivity contribution in [2.24, 2.45) is 0 Å². The molecule has 2 aliphatic rings. The van der Waals surface area contributed by atoms with Crippen LogP contribution in [0.25, 0.3) is 22.3 Å². The summed E-state index contributed by atoms with van der Waals surface area (Å²) in [6, 6.07) is 8.02. The van der Waals surface area contributed by atoms with Gasteiger partial charge in [-0.05, 0) is 77.1 Å². The molecule has 5 rings (SSSR count). The monoisotopic (exact) mass is 558 g/mol. The molecular weight excluding hydrogens is 520 g/mol. The normalized spacial score (nSPS) is 17.7. The molecule has 0 saturated carbocycles. The molecule has 216 valence electrons. The van der Waals surface area contributed by atoms with Crippen LogP contribution in [0.5, 0.6) is 0 Å². The number of esters is 2. The molecule has 1 aliphatic heterocycles. The third-order valence-electron chi connectivity index (χ3n) is 8.13. The number of benzene rings is 1. The minimum atomic E-state index is -1.55. The van der Waals surface area contributed by atoms with E-state index in [1.54, 1.807) is 32.3 Å². The standard InChI is InChI=1S/C33H38N2O6/c1-7-20-22-16-19(3)12-14-25(22)34-30-23(20)18-35-26(30)17-24-21(31(35)39)13-15-27(36)33(24,8-2)41-29(38)11-9-10-28(37)40-32(4,5)6/h12,14,16-17H,7-11,13,15,18H2,1-6H3/t33-/m0/s1. The molecule has 41 heavy (non-hydrogen) atoms. The summed E-state index contributed by atoms with van der Waals surface area (Å²) in [4.78, 5) is 57.5. The van der Waals surface area contributed by atoms with Gasteiger partial charge in [-0.3, -0.25) is 19.2 Å². The van der Waals surface area contributed by atoms with Crippen LogP contribution in [-0.4, -0.2) is 32.9 Å². The lowest BCUT2D eigenvalue weighted by atomic mass is 9.76. The van der Waals surface area contributed by atoms with Gasteiger partial charge in [-0.2, -0.15) is 0 Å². The van der Waals surface area contributed by atoms with E-state index in [0.717, 1.165) is 34.1 Å². The molecule has 0 saturated heterocycles. The van der Waals surface area contributed by atoms with Gasteiger partial charge < -0.3 is 14.0 Å². The van der Waals surface area contributed by atoms with Crippen molar-refractivity contribution in [1.82, 2.24) is 9.55 Å². The van der Waals surface area contributed by atoms with Crippen LogP contribution in [0, 0.1) is 6.92 Å². The van der Waals surface area contributed by atoms with Gasteiger partial charge in [-0.25, -0.2) is 4.98 Å². The molecule has 1 atom stereocenters. The van der Waals surface area contributed by atoms with E-state index in [1.165, 1.54) is 5.56 Å². The molecule has 0 amide bonds. The van der Waals surface area contributed by atoms with Crippen LogP contribution in [0.1, 0.15) is 94.5 Å². The Bertz CT molecular complexity index is 1640. The second kappa shape index (κ2) is 10.5. The molecule has 8 heteroatoms. The Kier molecular flexibility index (Phi) is 7.38. The van der Waals surface area contributed by atoms with Crippen molar-refractivity contribution >= 4 is 28.6 Å². The Morgan fingerprint density at radius 2 is 1.76 bits per heavy atom. The predicted molar refractivity (Wildman–Crippen MR) is 156 cm³/mol. The summed E-state index contributed by atoms with van der Waals surface area (Å²) in [7, 11) is 0. The largest absolute Gasteiger partial charge is 0.460 e. The van der Waals surface area contributed by atoms with E-state index >= 15 is 0 Å². The maximum Gasteiger partial charge on any atom is 0.307 e. The highest BCUT2D eigenvalue weighted by molar-refractivity contribution is 5.94. The molecule has 3 aromatic rings. The number of ether oxygens (including phenoxy) is 2. The van der Waals surface area contributed by atoms with Crippen LogP contribution in [-0.2, 0) is 48.8 Å². The van der Waals surface area contributed by atoms with Crippen LogP contribution in [0.15, 0.2) is 29.1 Å². The summed E-state index contributed by atoms with van der Waals surface area (Å²) < 4.78 is 13.0. The van der Waals surface area contributed by atoms with Gasteiger partial charge in [0, 0.05) is 41.3 Å². The lowest BCUT2D eigenvalue weighted by Gasteiger charge is -2.36. The molecule has 0 bridgehead atoms. The summed E-state index contributed by atoms with van der Waals surface area (Å²) in [5.41, 5.74) is 4.26. The first-order valence-corrected chi connectivity index (χ1v) is 14.5. The maximum absolute atomic E-state index is 13.9. The average molecular weight is 559 g/mol. The number of Topliss-reactive ketones (excluding diaryl/α,β-unsaturated/α-hetero) is 1. The summed E-state index contributed by atoms with van der Waals surface area (Å²) in [6.07, 6.45) is 1.70. The van der Waals surface area contributed by atoms with Gasteiger partial charge in [0.05, 0.1) is 23.4 Å². The van der Waals surface area contributed by atoms with Crippen LogP contribution in [0.3, 0.4) is 0 Å². The number of carbonyl (C=O) groups is 3. The first-order chi connectivity index (χ1) is 19.4. The fraction of sp³-hybridized carbons (Fsp3) is 0.485. The first kappa shape index (κ1) is 28.7. The zero-order valence-electron chi connectivity index (χ0n) is 24.8. The lowest BCUT2D eigenvalue weighted by Crippen LogP contribution is -2.46. The molecule has 0 N–H and O–H groups in total. The Morgan fingerprint density at radius 3 is 2.44 bits per heavy atom.